The molecule has 3 N–H and O–H groups in total. The third kappa shape index (κ3) is 4.19. The smallest absolute Gasteiger partial charge is 0.0579 e. The summed E-state index contributed by atoms with van der Waals surface area (Å²) in [4.78, 5) is 0. The Labute approximate surface area is 127 Å². The van der Waals surface area contributed by atoms with Crippen molar-refractivity contribution in [2.45, 2.75) is 18.9 Å². The molecule has 0 radical (unpaired) electrons. The van der Waals surface area contributed by atoms with E-state index in [2.05, 4.69) is 65.7 Å². The number of nitrogens with two attached hydrogens (primary N) is 1. The summed E-state index contributed by atoms with van der Waals surface area (Å²) in [6, 6.07) is 21.2. The van der Waals surface area contributed by atoms with Gasteiger partial charge in [-0.2, -0.15) is 0 Å². The van der Waals surface area contributed by atoms with Crippen LogP contribution in [0.1, 0.15) is 24.0 Å². The van der Waals surface area contributed by atoms with E-state index in [1.807, 2.05) is 19.1 Å². The zero-order valence-corrected chi connectivity index (χ0v) is 12.4. The van der Waals surface area contributed by atoms with Gasteiger partial charge in [0, 0.05) is 18.5 Å². The molecule has 0 saturated carbocycles. The zero-order valence-electron chi connectivity index (χ0n) is 12.4. The van der Waals surface area contributed by atoms with Crippen molar-refractivity contribution in [3.63, 3.8) is 0 Å². The SMILES string of the molecule is CC#CCNC(CN)C(c1ccccc1)c1ccccc1. The molecule has 0 fully saturated rings. The van der Waals surface area contributed by atoms with Crippen molar-refractivity contribution in [1.82, 2.24) is 5.32 Å². The van der Waals surface area contributed by atoms with E-state index in [4.69, 9.17) is 5.73 Å². The Kier molecular flexibility index (Phi) is 6.02. The predicted molar refractivity (Wildman–Crippen MR) is 89.0 cm³/mol. The van der Waals surface area contributed by atoms with Gasteiger partial charge in [-0.3, -0.25) is 0 Å². The number of hydrogen-bond donors (Lipinski definition) is 2. The van der Waals surface area contributed by atoms with E-state index < -0.39 is 0 Å². The van der Waals surface area contributed by atoms with Gasteiger partial charge in [-0.15, -0.1) is 5.92 Å². The highest BCUT2D eigenvalue weighted by Gasteiger charge is 2.23. The van der Waals surface area contributed by atoms with Gasteiger partial charge in [0.2, 0.25) is 0 Å². The largest absolute Gasteiger partial charge is 0.329 e. The summed E-state index contributed by atoms with van der Waals surface area (Å²) >= 11 is 0. The lowest BCUT2D eigenvalue weighted by Gasteiger charge is -2.27. The molecule has 0 bridgehead atoms. The minimum absolute atomic E-state index is 0.163. The fourth-order valence-corrected chi connectivity index (χ4v) is 2.59. The molecule has 2 heteroatoms. The van der Waals surface area contributed by atoms with Crippen LogP contribution < -0.4 is 11.1 Å². The van der Waals surface area contributed by atoms with Gasteiger partial charge in [0.25, 0.3) is 0 Å². The number of nitrogens with one attached hydrogen (secondary N) is 1. The maximum Gasteiger partial charge on any atom is 0.0579 e. The first kappa shape index (κ1) is 15.3. The molecule has 0 aliphatic rings. The normalized spacial score (nSPS) is 11.8. The van der Waals surface area contributed by atoms with Crippen molar-refractivity contribution in [2.75, 3.05) is 13.1 Å². The van der Waals surface area contributed by atoms with E-state index in [0.717, 1.165) is 0 Å². The van der Waals surface area contributed by atoms with Gasteiger partial charge in [-0.1, -0.05) is 66.6 Å². The molecular formula is C19H22N2. The average molecular weight is 278 g/mol. The third-order valence-corrected chi connectivity index (χ3v) is 3.60. The van der Waals surface area contributed by atoms with Crippen molar-refractivity contribution in [1.29, 1.82) is 0 Å². The van der Waals surface area contributed by atoms with E-state index in [1.165, 1.54) is 11.1 Å². The van der Waals surface area contributed by atoms with Crippen LogP contribution in [0, 0.1) is 11.8 Å². The molecule has 1 unspecified atom stereocenters. The summed E-state index contributed by atoms with van der Waals surface area (Å²) in [6.07, 6.45) is 0. The first-order valence-electron chi connectivity index (χ1n) is 7.29. The second kappa shape index (κ2) is 8.26. The van der Waals surface area contributed by atoms with Gasteiger partial charge in [0.1, 0.15) is 0 Å². The Morgan fingerprint density at radius 2 is 1.48 bits per heavy atom. The topological polar surface area (TPSA) is 38.0 Å². The second-order valence-electron chi connectivity index (χ2n) is 4.95. The predicted octanol–water partition coefficient (Wildman–Crippen LogP) is 2.76. The van der Waals surface area contributed by atoms with Crippen molar-refractivity contribution in [3.8, 4) is 11.8 Å². The minimum atomic E-state index is 0.163. The van der Waals surface area contributed by atoms with Gasteiger partial charge >= 0.3 is 0 Å². The molecule has 2 aromatic carbocycles. The number of rotatable bonds is 6. The molecule has 0 spiro atoms. The third-order valence-electron chi connectivity index (χ3n) is 3.60. The Bertz CT molecular complexity index is 542. The molecule has 21 heavy (non-hydrogen) atoms. The Morgan fingerprint density at radius 1 is 0.952 bits per heavy atom. The Morgan fingerprint density at radius 3 is 1.90 bits per heavy atom. The lowest BCUT2D eigenvalue weighted by molar-refractivity contribution is 0.499. The Balaban J connectivity index is 2.32. The average Bonchev–Trinajstić information content (AvgIpc) is 2.56. The Hall–Kier alpha value is -2.08. The van der Waals surface area contributed by atoms with Gasteiger partial charge in [-0.25, -0.2) is 0 Å². The fraction of sp³-hybridized carbons (Fsp3) is 0.263. The second-order valence-corrected chi connectivity index (χ2v) is 4.95. The van der Waals surface area contributed by atoms with Crippen LogP contribution in [0.15, 0.2) is 60.7 Å². The highest BCUT2D eigenvalue weighted by molar-refractivity contribution is 5.34. The molecule has 0 aromatic heterocycles. The standard InChI is InChI=1S/C19H22N2/c1-2-3-14-21-18(15-20)19(16-10-6-4-7-11-16)17-12-8-5-9-13-17/h4-13,18-19,21H,14-15,20H2,1H3. The summed E-state index contributed by atoms with van der Waals surface area (Å²) in [5.74, 6) is 6.20. The van der Waals surface area contributed by atoms with Crippen molar-refractivity contribution in [3.05, 3.63) is 71.8 Å². The summed E-state index contributed by atoms with van der Waals surface area (Å²) in [7, 11) is 0. The van der Waals surface area contributed by atoms with Crippen LogP contribution in [-0.4, -0.2) is 19.1 Å². The highest BCUT2D eigenvalue weighted by Crippen LogP contribution is 2.27. The van der Waals surface area contributed by atoms with Crippen molar-refractivity contribution in [2.24, 2.45) is 5.73 Å². The van der Waals surface area contributed by atoms with Crippen molar-refractivity contribution < 1.29 is 0 Å². The molecule has 2 rings (SSSR count). The summed E-state index contributed by atoms with van der Waals surface area (Å²) < 4.78 is 0. The van der Waals surface area contributed by atoms with Gasteiger partial charge in [0.05, 0.1) is 6.54 Å². The lowest BCUT2D eigenvalue weighted by atomic mass is 9.85. The summed E-state index contributed by atoms with van der Waals surface area (Å²) in [5.41, 5.74) is 8.57. The van der Waals surface area contributed by atoms with Gasteiger partial charge in [0.15, 0.2) is 0 Å². The first-order chi connectivity index (χ1) is 10.4. The quantitative estimate of drug-likeness (QED) is 0.797. The fourth-order valence-electron chi connectivity index (χ4n) is 2.59. The van der Waals surface area contributed by atoms with Crippen LogP contribution in [0.25, 0.3) is 0 Å². The van der Waals surface area contributed by atoms with Crippen LogP contribution in [0.5, 0.6) is 0 Å². The van der Waals surface area contributed by atoms with E-state index in [1.54, 1.807) is 0 Å². The maximum absolute atomic E-state index is 6.02. The minimum Gasteiger partial charge on any atom is -0.329 e. The molecule has 108 valence electrons. The summed E-state index contributed by atoms with van der Waals surface area (Å²) in [5, 5.41) is 3.47. The lowest BCUT2D eigenvalue weighted by Crippen LogP contribution is -2.41. The molecule has 0 amide bonds. The molecule has 2 aromatic rings. The number of hydrogen-bond acceptors (Lipinski definition) is 2. The van der Waals surface area contributed by atoms with Gasteiger partial charge < -0.3 is 11.1 Å². The monoisotopic (exact) mass is 278 g/mol. The van der Waals surface area contributed by atoms with E-state index in [9.17, 15) is 0 Å². The first-order valence-corrected chi connectivity index (χ1v) is 7.29. The zero-order chi connectivity index (χ0) is 14.9. The summed E-state index contributed by atoms with van der Waals surface area (Å²) in [6.45, 7) is 3.08. The van der Waals surface area contributed by atoms with Gasteiger partial charge in [-0.05, 0) is 18.1 Å². The molecule has 0 heterocycles. The van der Waals surface area contributed by atoms with Crippen LogP contribution in [0.2, 0.25) is 0 Å². The van der Waals surface area contributed by atoms with Crippen LogP contribution in [-0.2, 0) is 0 Å². The van der Waals surface area contributed by atoms with E-state index >= 15 is 0 Å². The van der Waals surface area contributed by atoms with E-state index in [-0.39, 0.29) is 12.0 Å². The maximum atomic E-state index is 6.02. The molecule has 0 aliphatic heterocycles. The van der Waals surface area contributed by atoms with Crippen LogP contribution >= 0.6 is 0 Å². The number of benzene rings is 2. The molecule has 1 atom stereocenters. The molecule has 0 aliphatic carbocycles. The highest BCUT2D eigenvalue weighted by atomic mass is 14.9. The van der Waals surface area contributed by atoms with Crippen LogP contribution in [0.3, 0.4) is 0 Å². The van der Waals surface area contributed by atoms with Crippen molar-refractivity contribution >= 4 is 0 Å². The molecular weight excluding hydrogens is 256 g/mol. The van der Waals surface area contributed by atoms with Crippen LogP contribution in [0.4, 0.5) is 0 Å². The molecule has 0 saturated heterocycles. The van der Waals surface area contributed by atoms with E-state index in [0.29, 0.717) is 13.1 Å². The molecule has 2 nitrogen and oxygen atoms in total.